The topological polar surface area (TPSA) is 34.9 Å². The molecule has 0 fully saturated rings. The molecule has 1 aromatic heterocycles. The van der Waals surface area contributed by atoms with Crippen LogP contribution in [0, 0.1) is 13.8 Å². The summed E-state index contributed by atoms with van der Waals surface area (Å²) < 4.78 is 1.85. The van der Waals surface area contributed by atoms with Gasteiger partial charge in [0.1, 0.15) is 0 Å². The molecule has 3 rings (SSSR count). The Bertz CT molecular complexity index is 820. The fraction of sp³-hybridized carbons (Fsp3) is 0.200. The minimum Gasteiger partial charge on any atom is -0.293 e. The van der Waals surface area contributed by atoms with E-state index in [0.29, 0.717) is 0 Å². The molecule has 1 heterocycles. The molecule has 0 amide bonds. The lowest BCUT2D eigenvalue weighted by Gasteiger charge is -2.11. The van der Waals surface area contributed by atoms with Crippen molar-refractivity contribution >= 4 is 5.78 Å². The van der Waals surface area contributed by atoms with Crippen LogP contribution in [0.5, 0.6) is 0 Å². The summed E-state index contributed by atoms with van der Waals surface area (Å²) in [5.41, 5.74) is 4.40. The Labute approximate surface area is 136 Å². The van der Waals surface area contributed by atoms with Gasteiger partial charge in [0.25, 0.3) is 0 Å². The molecule has 0 saturated carbocycles. The van der Waals surface area contributed by atoms with Crippen LogP contribution in [0.2, 0.25) is 0 Å². The number of ketones is 1. The van der Waals surface area contributed by atoms with Crippen molar-refractivity contribution in [2.24, 2.45) is 0 Å². The van der Waals surface area contributed by atoms with Crippen molar-refractivity contribution in [3.63, 3.8) is 0 Å². The van der Waals surface area contributed by atoms with Crippen LogP contribution in [0.15, 0.2) is 60.7 Å². The van der Waals surface area contributed by atoms with Crippen LogP contribution in [0.4, 0.5) is 0 Å². The van der Waals surface area contributed by atoms with E-state index in [0.717, 1.165) is 28.2 Å². The second-order valence-electron chi connectivity index (χ2n) is 5.79. The van der Waals surface area contributed by atoms with Gasteiger partial charge in [-0.3, -0.25) is 4.79 Å². The van der Waals surface area contributed by atoms with Crippen LogP contribution in [0.3, 0.4) is 0 Å². The van der Waals surface area contributed by atoms with Gasteiger partial charge in [0.2, 0.25) is 0 Å². The molecular weight excluding hydrogens is 284 g/mol. The monoisotopic (exact) mass is 304 g/mol. The van der Waals surface area contributed by atoms with E-state index in [4.69, 9.17) is 0 Å². The number of para-hydroxylation sites is 1. The molecule has 0 aliphatic carbocycles. The third-order valence-corrected chi connectivity index (χ3v) is 4.23. The lowest BCUT2D eigenvalue weighted by Crippen LogP contribution is -2.12. The maximum Gasteiger partial charge on any atom is 0.173 e. The normalized spacial score (nSPS) is 12.1. The summed E-state index contributed by atoms with van der Waals surface area (Å²) in [4.78, 5) is 13.0. The maximum absolute atomic E-state index is 13.0. The average Bonchev–Trinajstić information content (AvgIpc) is 2.89. The first-order valence-electron chi connectivity index (χ1n) is 7.80. The molecule has 0 saturated heterocycles. The van der Waals surface area contributed by atoms with E-state index < -0.39 is 0 Å². The van der Waals surface area contributed by atoms with E-state index in [-0.39, 0.29) is 11.7 Å². The summed E-state index contributed by atoms with van der Waals surface area (Å²) in [5.74, 6) is -0.0598. The Kier molecular flexibility index (Phi) is 4.11. The van der Waals surface area contributed by atoms with Gasteiger partial charge in [0, 0.05) is 5.92 Å². The highest BCUT2D eigenvalue weighted by atomic mass is 16.1. The van der Waals surface area contributed by atoms with Gasteiger partial charge in [-0.2, -0.15) is 5.10 Å². The molecule has 1 unspecified atom stereocenters. The van der Waals surface area contributed by atoms with E-state index in [9.17, 15) is 4.79 Å². The zero-order valence-electron chi connectivity index (χ0n) is 13.7. The van der Waals surface area contributed by atoms with Gasteiger partial charge in [0.15, 0.2) is 5.78 Å². The molecule has 3 aromatic rings. The predicted molar refractivity (Wildman–Crippen MR) is 92.2 cm³/mol. The summed E-state index contributed by atoms with van der Waals surface area (Å²) in [6.45, 7) is 5.81. The first-order chi connectivity index (χ1) is 11.1. The molecule has 3 nitrogen and oxygen atoms in total. The van der Waals surface area contributed by atoms with Crippen LogP contribution >= 0.6 is 0 Å². The number of benzene rings is 2. The number of rotatable bonds is 4. The molecule has 0 radical (unpaired) electrons. The molecule has 0 bridgehead atoms. The second-order valence-corrected chi connectivity index (χ2v) is 5.79. The third-order valence-electron chi connectivity index (χ3n) is 4.23. The van der Waals surface area contributed by atoms with Crippen molar-refractivity contribution in [1.29, 1.82) is 0 Å². The zero-order chi connectivity index (χ0) is 16.4. The van der Waals surface area contributed by atoms with Gasteiger partial charge in [0.05, 0.1) is 22.6 Å². The smallest absolute Gasteiger partial charge is 0.173 e. The number of carbonyl (C=O) groups excluding carboxylic acids is 1. The average molecular weight is 304 g/mol. The first-order valence-corrected chi connectivity index (χ1v) is 7.80. The van der Waals surface area contributed by atoms with Crippen molar-refractivity contribution in [2.75, 3.05) is 0 Å². The SMILES string of the molecule is Cc1nn(-c2ccccc2)c(C)c1C(=O)C(C)c1ccccc1. The summed E-state index contributed by atoms with van der Waals surface area (Å²) in [6, 6.07) is 19.8. The zero-order valence-corrected chi connectivity index (χ0v) is 13.7. The third kappa shape index (κ3) is 2.82. The van der Waals surface area contributed by atoms with Crippen molar-refractivity contribution in [1.82, 2.24) is 9.78 Å². The fourth-order valence-corrected chi connectivity index (χ4v) is 2.93. The molecule has 0 aliphatic heterocycles. The molecule has 23 heavy (non-hydrogen) atoms. The van der Waals surface area contributed by atoms with Crippen LogP contribution < -0.4 is 0 Å². The molecule has 116 valence electrons. The minimum atomic E-state index is -0.179. The van der Waals surface area contributed by atoms with Crippen LogP contribution in [0.25, 0.3) is 5.69 Å². The molecular formula is C20H20N2O. The molecule has 3 heteroatoms. The Hall–Kier alpha value is -2.68. The van der Waals surface area contributed by atoms with Crippen molar-refractivity contribution < 1.29 is 4.79 Å². The highest BCUT2D eigenvalue weighted by Gasteiger charge is 2.24. The van der Waals surface area contributed by atoms with Crippen LogP contribution in [-0.2, 0) is 0 Å². The Morgan fingerprint density at radius 1 is 0.957 bits per heavy atom. The van der Waals surface area contributed by atoms with Gasteiger partial charge >= 0.3 is 0 Å². The number of nitrogens with zero attached hydrogens (tertiary/aromatic N) is 2. The first kappa shape index (κ1) is 15.2. The number of aryl methyl sites for hydroxylation is 1. The minimum absolute atomic E-state index is 0.119. The van der Waals surface area contributed by atoms with Crippen molar-refractivity contribution in [3.05, 3.63) is 83.2 Å². The quantitative estimate of drug-likeness (QED) is 0.666. The molecule has 0 aliphatic rings. The van der Waals surface area contributed by atoms with Gasteiger partial charge < -0.3 is 0 Å². The molecule has 1 atom stereocenters. The Balaban J connectivity index is 2.01. The van der Waals surface area contributed by atoms with Gasteiger partial charge in [-0.15, -0.1) is 0 Å². The van der Waals surface area contributed by atoms with Gasteiger partial charge in [-0.05, 0) is 31.5 Å². The summed E-state index contributed by atoms with van der Waals surface area (Å²) in [7, 11) is 0. The van der Waals surface area contributed by atoms with Crippen LogP contribution in [-0.4, -0.2) is 15.6 Å². The molecule has 2 aromatic carbocycles. The van der Waals surface area contributed by atoms with E-state index in [2.05, 4.69) is 5.10 Å². The number of carbonyl (C=O) groups is 1. The number of hydrogen-bond donors (Lipinski definition) is 0. The maximum atomic E-state index is 13.0. The lowest BCUT2D eigenvalue weighted by molar-refractivity contribution is 0.0965. The molecule has 0 spiro atoms. The van der Waals surface area contributed by atoms with E-state index in [1.54, 1.807) is 0 Å². The van der Waals surface area contributed by atoms with Gasteiger partial charge in [-0.1, -0.05) is 55.5 Å². The second kappa shape index (κ2) is 6.21. The highest BCUT2D eigenvalue weighted by Crippen LogP contribution is 2.25. The molecule has 0 N–H and O–H groups in total. The Morgan fingerprint density at radius 2 is 1.52 bits per heavy atom. The summed E-state index contributed by atoms with van der Waals surface area (Å²) in [6.07, 6.45) is 0. The summed E-state index contributed by atoms with van der Waals surface area (Å²) in [5, 5.41) is 4.57. The van der Waals surface area contributed by atoms with Gasteiger partial charge in [-0.25, -0.2) is 4.68 Å². The number of Topliss-reactive ketones (excluding diaryl/α,β-unsaturated/α-hetero) is 1. The van der Waals surface area contributed by atoms with Crippen molar-refractivity contribution in [2.45, 2.75) is 26.7 Å². The van der Waals surface area contributed by atoms with E-state index in [1.807, 2.05) is 86.1 Å². The Morgan fingerprint density at radius 3 is 2.13 bits per heavy atom. The standard InChI is InChI=1S/C20H20N2O/c1-14(17-10-6-4-7-11-17)20(23)19-15(2)21-22(16(19)3)18-12-8-5-9-13-18/h4-14H,1-3H3. The fourth-order valence-electron chi connectivity index (χ4n) is 2.93. The van der Waals surface area contributed by atoms with Crippen LogP contribution in [0.1, 0.15) is 40.2 Å². The number of aromatic nitrogens is 2. The number of hydrogen-bond acceptors (Lipinski definition) is 2. The largest absolute Gasteiger partial charge is 0.293 e. The predicted octanol–water partition coefficient (Wildman–Crippen LogP) is 4.48. The highest BCUT2D eigenvalue weighted by molar-refractivity contribution is 6.02. The summed E-state index contributed by atoms with van der Waals surface area (Å²) >= 11 is 0. The lowest BCUT2D eigenvalue weighted by atomic mass is 9.91. The van der Waals surface area contributed by atoms with Crippen molar-refractivity contribution in [3.8, 4) is 5.69 Å². The van der Waals surface area contributed by atoms with E-state index in [1.165, 1.54) is 0 Å². The van der Waals surface area contributed by atoms with E-state index >= 15 is 0 Å².